The van der Waals surface area contributed by atoms with E-state index in [9.17, 15) is 47.9 Å². The molecule has 3 rings (SSSR count). The topological polar surface area (TPSA) is 263 Å². The molecule has 2 aromatic rings. The van der Waals surface area contributed by atoms with Crippen LogP contribution in [0.3, 0.4) is 0 Å². The Morgan fingerprint density at radius 1 is 0.436 bits per heavy atom. The van der Waals surface area contributed by atoms with Crippen molar-refractivity contribution in [3.8, 4) is 0 Å². The van der Waals surface area contributed by atoms with Crippen LogP contribution in [0.15, 0.2) is 48.5 Å². The monoisotopic (exact) mass is 1090 g/mol. The van der Waals surface area contributed by atoms with Gasteiger partial charge in [0.05, 0.1) is 14.2 Å². The van der Waals surface area contributed by atoms with E-state index in [1.807, 2.05) is 55.4 Å². The minimum Gasteiger partial charge on any atom is -0.453 e. The number of benzene rings is 2. The minimum absolute atomic E-state index is 0.0327. The molecule has 0 bridgehead atoms. The van der Waals surface area contributed by atoms with Crippen LogP contribution in [0.4, 0.5) is 21.0 Å². The molecule has 8 atom stereocenters. The fourth-order valence-corrected chi connectivity index (χ4v) is 8.69. The van der Waals surface area contributed by atoms with Gasteiger partial charge in [-0.3, -0.25) is 29.8 Å². The lowest BCUT2D eigenvalue weighted by Gasteiger charge is -2.35. The summed E-state index contributed by atoms with van der Waals surface area (Å²) in [6, 6.07) is 7.18. The van der Waals surface area contributed by atoms with Crippen molar-refractivity contribution >= 4 is 71.1 Å². The van der Waals surface area contributed by atoms with Crippen molar-refractivity contribution in [1.29, 1.82) is 0 Å². The lowest BCUT2D eigenvalue weighted by atomic mass is 10.00. The molecule has 0 unspecified atom stereocenters. The number of hydrogen-bond acceptors (Lipinski definition) is 16. The largest absolute Gasteiger partial charge is 0.453 e. The summed E-state index contributed by atoms with van der Waals surface area (Å²) in [4.78, 5) is 145. The van der Waals surface area contributed by atoms with Gasteiger partial charge in [-0.05, 0) is 98.6 Å². The van der Waals surface area contributed by atoms with Gasteiger partial charge < -0.3 is 48.0 Å². The quantitative estimate of drug-likeness (QED) is 0.162. The SMILES string of the molecule is COC(=O)Nc1ccc(C[C@@H]2OC(=O)[C@@H](CC(C)C)N(C)C(=O)[C@H](C)OC(=O)[C@@H](CC(C)C)N(C)C(=O)[C@H](Cc3ccc(NC(=O)OC)cc3)OC(=O)[C@@H](CC(C)C)N(C)C(=O)[C@H](C)OC(=O)[C@@H](CC(C)C)N(C)C2=O)cc1. The number of nitrogens with one attached hydrogen (secondary N) is 2. The maximum Gasteiger partial charge on any atom is 0.411 e. The Hall–Kier alpha value is -7.26. The Labute approximate surface area is 458 Å². The van der Waals surface area contributed by atoms with Crippen LogP contribution < -0.4 is 10.6 Å². The van der Waals surface area contributed by atoms with Gasteiger partial charge in [0.25, 0.3) is 23.6 Å². The Morgan fingerprint density at radius 3 is 0.923 bits per heavy atom. The third kappa shape index (κ3) is 19.0. The van der Waals surface area contributed by atoms with Crippen LogP contribution in [-0.4, -0.2) is 170 Å². The van der Waals surface area contributed by atoms with E-state index < -0.39 is 108 Å². The summed E-state index contributed by atoms with van der Waals surface area (Å²) in [6.07, 6.45) is -8.09. The molecule has 1 aliphatic heterocycles. The molecule has 0 saturated carbocycles. The standard InChI is InChI=1S/C56H82N6O16/c1-31(2)25-41-51(67)75-35(9)47(63)59(11)44(28-34(7)8)54(70)78-46(30-38-19-23-40(24-20-38)58-56(72)74-16)50(66)62(14)42(26-32(3)4)52(68)76-36(10)48(64)60(12)43(27-33(5)6)53(69)77-45(49(65)61(41)13)29-37-17-21-39(22-18-37)57-55(71)73-15/h17-24,31-36,41-46H,25-30H2,1-16H3,(H,57,71)(H,58,72)/t35-,36-,41+,42+,43+,44+,45-,46-/m0/s1. The van der Waals surface area contributed by atoms with Crippen molar-refractivity contribution in [2.75, 3.05) is 53.0 Å². The van der Waals surface area contributed by atoms with Crippen LogP contribution in [0.2, 0.25) is 0 Å². The number of methoxy groups -OCH3 is 2. The van der Waals surface area contributed by atoms with Crippen molar-refractivity contribution in [3.63, 3.8) is 0 Å². The van der Waals surface area contributed by atoms with Gasteiger partial charge in [-0.15, -0.1) is 0 Å². The number of rotatable bonds is 14. The molecule has 2 N–H and O–H groups in total. The summed E-state index contributed by atoms with van der Waals surface area (Å²) in [7, 11) is 7.76. The number of likely N-dealkylation sites (N-methyl/N-ethyl adjacent to an activating group) is 4. The van der Waals surface area contributed by atoms with Gasteiger partial charge in [-0.2, -0.15) is 0 Å². The van der Waals surface area contributed by atoms with E-state index in [4.69, 9.17) is 18.9 Å². The predicted octanol–water partition coefficient (Wildman–Crippen LogP) is 6.02. The molecule has 78 heavy (non-hydrogen) atoms. The van der Waals surface area contributed by atoms with Crippen molar-refractivity contribution < 1.29 is 76.4 Å². The second-order valence-electron chi connectivity index (χ2n) is 21.4. The van der Waals surface area contributed by atoms with Gasteiger partial charge in [-0.25, -0.2) is 28.8 Å². The molecule has 1 heterocycles. The number of esters is 4. The zero-order valence-corrected chi connectivity index (χ0v) is 48.1. The van der Waals surface area contributed by atoms with E-state index in [0.717, 1.165) is 19.6 Å². The maximum atomic E-state index is 14.9. The zero-order chi connectivity index (χ0) is 58.9. The molecule has 0 aromatic heterocycles. The molecule has 1 saturated heterocycles. The molecule has 1 fully saturated rings. The highest BCUT2D eigenvalue weighted by Gasteiger charge is 2.43. The van der Waals surface area contributed by atoms with E-state index in [1.165, 1.54) is 56.3 Å². The second-order valence-corrected chi connectivity index (χ2v) is 21.4. The van der Waals surface area contributed by atoms with Crippen molar-refractivity contribution in [2.45, 2.75) is 156 Å². The molecule has 22 heteroatoms. The fourth-order valence-electron chi connectivity index (χ4n) is 8.69. The summed E-state index contributed by atoms with van der Waals surface area (Å²) in [5.41, 5.74) is 1.66. The van der Waals surface area contributed by atoms with Gasteiger partial charge in [0.1, 0.15) is 24.2 Å². The first-order chi connectivity index (χ1) is 36.5. The van der Waals surface area contributed by atoms with E-state index in [0.29, 0.717) is 22.5 Å². The van der Waals surface area contributed by atoms with Crippen LogP contribution in [-0.2, 0) is 79.6 Å². The number of nitrogens with zero attached hydrogens (tertiary/aromatic N) is 4. The molecule has 0 radical (unpaired) electrons. The molecule has 6 amide bonds. The second kappa shape index (κ2) is 30.0. The lowest BCUT2D eigenvalue weighted by molar-refractivity contribution is -0.176. The molecule has 0 aliphatic carbocycles. The Balaban J connectivity index is 2.27. The van der Waals surface area contributed by atoms with Gasteiger partial charge in [0.15, 0.2) is 24.4 Å². The van der Waals surface area contributed by atoms with Gasteiger partial charge in [-0.1, -0.05) is 79.7 Å². The summed E-state index contributed by atoms with van der Waals surface area (Å²) in [5, 5.41) is 5.08. The number of ether oxygens (including phenoxy) is 6. The Kier molecular flexibility index (Phi) is 25.0. The van der Waals surface area contributed by atoms with Crippen LogP contribution >= 0.6 is 0 Å². The number of cyclic esters (lactones) is 4. The average Bonchev–Trinajstić information content (AvgIpc) is 3.39. The Morgan fingerprint density at radius 2 is 0.679 bits per heavy atom. The van der Waals surface area contributed by atoms with E-state index in [2.05, 4.69) is 20.1 Å². The molecule has 2 aromatic carbocycles. The van der Waals surface area contributed by atoms with Crippen molar-refractivity contribution in [3.05, 3.63) is 59.7 Å². The molecule has 0 spiro atoms. The predicted molar refractivity (Wildman–Crippen MR) is 287 cm³/mol. The first-order valence-corrected chi connectivity index (χ1v) is 26.3. The van der Waals surface area contributed by atoms with Gasteiger partial charge in [0.2, 0.25) is 0 Å². The minimum atomic E-state index is -1.62. The molecule has 1 aliphatic rings. The molecular weight excluding hydrogens is 1010 g/mol. The highest BCUT2D eigenvalue weighted by atomic mass is 16.6. The Bertz CT molecular complexity index is 2230. The highest BCUT2D eigenvalue weighted by molar-refractivity contribution is 5.95. The third-order valence-corrected chi connectivity index (χ3v) is 13.1. The van der Waals surface area contributed by atoms with Gasteiger partial charge >= 0.3 is 36.1 Å². The summed E-state index contributed by atoms with van der Waals surface area (Å²) >= 11 is 0. The maximum absolute atomic E-state index is 14.9. The van der Waals surface area contributed by atoms with E-state index >= 15 is 0 Å². The van der Waals surface area contributed by atoms with E-state index in [1.54, 1.807) is 48.5 Å². The zero-order valence-electron chi connectivity index (χ0n) is 48.1. The summed E-state index contributed by atoms with van der Waals surface area (Å²) < 4.78 is 33.2. The summed E-state index contributed by atoms with van der Waals surface area (Å²) in [5.74, 6) is -8.10. The fraction of sp³-hybridized carbons (Fsp3) is 0.607. The van der Waals surface area contributed by atoms with Gasteiger partial charge in [0, 0.05) is 52.4 Å². The van der Waals surface area contributed by atoms with Crippen LogP contribution in [0, 0.1) is 23.7 Å². The van der Waals surface area contributed by atoms with Crippen LogP contribution in [0.1, 0.15) is 106 Å². The normalized spacial score (nSPS) is 23.2. The highest BCUT2D eigenvalue weighted by Crippen LogP contribution is 2.25. The number of amides is 6. The molecule has 22 nitrogen and oxygen atoms in total. The average molecular weight is 1100 g/mol. The number of anilines is 2. The third-order valence-electron chi connectivity index (χ3n) is 13.1. The van der Waals surface area contributed by atoms with Crippen molar-refractivity contribution in [1.82, 2.24) is 19.6 Å². The van der Waals surface area contributed by atoms with E-state index in [-0.39, 0.29) is 62.2 Å². The van der Waals surface area contributed by atoms with Crippen LogP contribution in [0.25, 0.3) is 0 Å². The number of carbonyl (C=O) groups excluding carboxylic acids is 10. The molecular formula is C56H82N6O16. The molecule has 432 valence electrons. The number of hydrogen-bond donors (Lipinski definition) is 2. The lowest BCUT2D eigenvalue weighted by Crippen LogP contribution is -2.55. The number of carbonyl (C=O) groups is 10. The first-order valence-electron chi connectivity index (χ1n) is 26.3. The van der Waals surface area contributed by atoms with Crippen LogP contribution in [0.5, 0.6) is 0 Å². The summed E-state index contributed by atoms with van der Waals surface area (Å²) in [6.45, 7) is 17.1. The van der Waals surface area contributed by atoms with Crippen molar-refractivity contribution in [2.24, 2.45) is 23.7 Å². The first kappa shape index (κ1) is 65.0. The smallest absolute Gasteiger partial charge is 0.411 e.